The Hall–Kier alpha value is -2.18. The van der Waals surface area contributed by atoms with Gasteiger partial charge in [-0.2, -0.15) is 0 Å². The lowest BCUT2D eigenvalue weighted by Crippen LogP contribution is -2.47. The molecule has 26 heavy (non-hydrogen) atoms. The van der Waals surface area contributed by atoms with Gasteiger partial charge in [-0.15, -0.1) is 0 Å². The van der Waals surface area contributed by atoms with E-state index in [2.05, 4.69) is 22.7 Å². The van der Waals surface area contributed by atoms with E-state index in [0.717, 1.165) is 42.6 Å². The summed E-state index contributed by atoms with van der Waals surface area (Å²) in [5, 5.41) is 0. The van der Waals surface area contributed by atoms with Crippen molar-refractivity contribution in [2.75, 3.05) is 26.3 Å². The van der Waals surface area contributed by atoms with Gasteiger partial charge in [-0.25, -0.2) is 0 Å². The monoisotopic (exact) mass is 355 g/mol. The minimum Gasteiger partial charge on any atom is -0.347 e. The zero-order valence-corrected chi connectivity index (χ0v) is 15.2. The van der Waals surface area contributed by atoms with E-state index in [1.807, 2.05) is 23.1 Å². The first-order chi connectivity index (χ1) is 12.7. The van der Waals surface area contributed by atoms with Crippen molar-refractivity contribution in [2.24, 2.45) is 0 Å². The summed E-state index contributed by atoms with van der Waals surface area (Å²) in [6.45, 7) is 5.60. The summed E-state index contributed by atoms with van der Waals surface area (Å²) in [5.41, 5.74) is 2.89. The quantitative estimate of drug-likeness (QED) is 0.846. The van der Waals surface area contributed by atoms with Gasteiger partial charge in [0.15, 0.2) is 5.79 Å². The van der Waals surface area contributed by atoms with Crippen LogP contribution in [0.1, 0.15) is 36.7 Å². The number of carbonyl (C=O) groups is 1. The number of hydrogen-bond donors (Lipinski definition) is 0. The van der Waals surface area contributed by atoms with Gasteiger partial charge in [0.05, 0.1) is 13.2 Å². The Balaban J connectivity index is 1.54. The zero-order valence-electron chi connectivity index (χ0n) is 15.2. The summed E-state index contributed by atoms with van der Waals surface area (Å²) in [4.78, 5) is 19.2. The minimum atomic E-state index is -0.454. The van der Waals surface area contributed by atoms with Gasteiger partial charge in [-0.3, -0.25) is 9.78 Å². The van der Waals surface area contributed by atoms with Crippen LogP contribution in [-0.4, -0.2) is 52.4 Å². The van der Waals surface area contributed by atoms with Crippen LogP contribution >= 0.6 is 0 Å². The Bertz CT molecular complexity index is 756. The predicted molar refractivity (Wildman–Crippen MR) is 97.7 cm³/mol. The molecule has 2 aliphatic rings. The largest absolute Gasteiger partial charge is 0.347 e. The van der Waals surface area contributed by atoms with E-state index >= 15 is 0 Å². The van der Waals surface area contributed by atoms with Crippen molar-refractivity contribution in [3.63, 3.8) is 0 Å². The maximum absolute atomic E-state index is 13.2. The fraction of sp³-hybridized carbons (Fsp3) is 0.500. The second-order valence-corrected chi connectivity index (χ2v) is 6.94. The summed E-state index contributed by atoms with van der Waals surface area (Å²) >= 11 is 0. The Morgan fingerprint density at radius 3 is 2.50 bits per heavy atom. The molecule has 0 N–H and O–H groups in total. The van der Waals surface area contributed by atoms with Crippen molar-refractivity contribution in [1.29, 1.82) is 0 Å². The van der Waals surface area contributed by atoms with Gasteiger partial charge in [-0.05, 0) is 30.2 Å². The van der Waals surface area contributed by atoms with Gasteiger partial charge in [-0.1, -0.05) is 6.92 Å². The molecule has 0 unspecified atom stereocenters. The smallest absolute Gasteiger partial charge is 0.270 e. The highest BCUT2D eigenvalue weighted by Crippen LogP contribution is 2.32. The lowest BCUT2D eigenvalue weighted by atomic mass is 10.0. The van der Waals surface area contributed by atoms with E-state index in [0.29, 0.717) is 26.3 Å². The van der Waals surface area contributed by atoms with E-state index in [1.54, 1.807) is 12.4 Å². The molecule has 2 fully saturated rings. The van der Waals surface area contributed by atoms with E-state index in [-0.39, 0.29) is 5.91 Å². The van der Waals surface area contributed by atoms with Crippen molar-refractivity contribution in [2.45, 2.75) is 38.5 Å². The molecule has 0 aliphatic carbocycles. The van der Waals surface area contributed by atoms with Crippen LogP contribution in [0.4, 0.5) is 0 Å². The van der Waals surface area contributed by atoms with Gasteiger partial charge in [0.25, 0.3) is 5.91 Å². The number of amides is 1. The van der Waals surface area contributed by atoms with Gasteiger partial charge in [0, 0.05) is 56.6 Å². The molecule has 0 atom stereocenters. The molecule has 0 radical (unpaired) electrons. The van der Waals surface area contributed by atoms with E-state index < -0.39 is 5.79 Å². The van der Waals surface area contributed by atoms with Crippen molar-refractivity contribution < 1.29 is 14.3 Å². The van der Waals surface area contributed by atoms with Crippen LogP contribution in [0.2, 0.25) is 0 Å². The van der Waals surface area contributed by atoms with E-state index in [4.69, 9.17) is 9.47 Å². The third kappa shape index (κ3) is 3.27. The summed E-state index contributed by atoms with van der Waals surface area (Å²) < 4.78 is 13.6. The number of aromatic nitrogens is 2. The van der Waals surface area contributed by atoms with Crippen molar-refractivity contribution in [3.05, 3.63) is 42.5 Å². The van der Waals surface area contributed by atoms with Crippen molar-refractivity contribution in [3.8, 4) is 11.1 Å². The Labute approximate surface area is 153 Å². The first kappa shape index (κ1) is 17.2. The van der Waals surface area contributed by atoms with Gasteiger partial charge in [0.1, 0.15) is 5.69 Å². The maximum Gasteiger partial charge on any atom is 0.270 e. The van der Waals surface area contributed by atoms with Crippen LogP contribution in [0.5, 0.6) is 0 Å². The van der Waals surface area contributed by atoms with E-state index in [1.165, 1.54) is 0 Å². The highest BCUT2D eigenvalue weighted by Gasteiger charge is 2.41. The summed E-state index contributed by atoms with van der Waals surface area (Å²) in [5.74, 6) is -0.365. The van der Waals surface area contributed by atoms with Gasteiger partial charge >= 0.3 is 0 Å². The fourth-order valence-corrected chi connectivity index (χ4v) is 3.82. The number of pyridine rings is 1. The average molecular weight is 355 g/mol. The first-order valence-electron chi connectivity index (χ1n) is 9.38. The molecule has 0 saturated carbocycles. The van der Waals surface area contributed by atoms with Crippen LogP contribution in [0, 0.1) is 0 Å². The fourth-order valence-electron chi connectivity index (χ4n) is 3.82. The Kier molecular flexibility index (Phi) is 4.78. The summed E-state index contributed by atoms with van der Waals surface area (Å²) in [6, 6.07) is 5.94. The topological polar surface area (TPSA) is 56.6 Å². The lowest BCUT2D eigenvalue weighted by Gasteiger charge is -2.37. The number of ether oxygens (including phenoxy) is 2. The SMILES string of the molecule is CCCn1cc(-c2ccncc2)cc1C(=O)N1CCC2(CC1)OCCO2. The highest BCUT2D eigenvalue weighted by atomic mass is 16.7. The number of likely N-dealkylation sites (tertiary alicyclic amines) is 1. The second-order valence-electron chi connectivity index (χ2n) is 6.94. The van der Waals surface area contributed by atoms with Crippen LogP contribution in [-0.2, 0) is 16.0 Å². The molecule has 138 valence electrons. The van der Waals surface area contributed by atoms with Crippen LogP contribution in [0.3, 0.4) is 0 Å². The van der Waals surface area contributed by atoms with Gasteiger partial charge < -0.3 is 18.9 Å². The molecular formula is C20H25N3O3. The Morgan fingerprint density at radius 1 is 1.15 bits per heavy atom. The molecule has 1 amide bonds. The molecule has 0 aromatic carbocycles. The average Bonchev–Trinajstić information content (AvgIpc) is 3.31. The molecule has 2 aromatic heterocycles. The third-order valence-electron chi connectivity index (χ3n) is 5.22. The Morgan fingerprint density at radius 2 is 1.85 bits per heavy atom. The number of carbonyl (C=O) groups excluding carboxylic acids is 1. The number of aryl methyl sites for hydroxylation is 1. The van der Waals surface area contributed by atoms with Crippen molar-refractivity contribution in [1.82, 2.24) is 14.5 Å². The molecule has 2 aromatic rings. The predicted octanol–water partition coefficient (Wildman–Crippen LogP) is 2.94. The van der Waals surface area contributed by atoms with Crippen LogP contribution in [0.15, 0.2) is 36.8 Å². The van der Waals surface area contributed by atoms with Crippen LogP contribution < -0.4 is 0 Å². The lowest BCUT2D eigenvalue weighted by molar-refractivity contribution is -0.181. The normalized spacial score (nSPS) is 19.2. The second kappa shape index (κ2) is 7.21. The zero-order chi connectivity index (χ0) is 18.0. The van der Waals surface area contributed by atoms with Crippen molar-refractivity contribution >= 4 is 5.91 Å². The highest BCUT2D eigenvalue weighted by molar-refractivity contribution is 5.94. The minimum absolute atomic E-state index is 0.0894. The maximum atomic E-state index is 13.2. The molecular weight excluding hydrogens is 330 g/mol. The molecule has 6 heteroatoms. The summed E-state index contributed by atoms with van der Waals surface area (Å²) in [6.07, 6.45) is 8.09. The van der Waals surface area contributed by atoms with Gasteiger partial charge in [0.2, 0.25) is 0 Å². The molecule has 4 rings (SSSR count). The molecule has 2 saturated heterocycles. The molecule has 1 spiro atoms. The van der Waals surface area contributed by atoms with Crippen LogP contribution in [0.25, 0.3) is 11.1 Å². The third-order valence-corrected chi connectivity index (χ3v) is 5.22. The molecule has 2 aliphatic heterocycles. The number of nitrogens with zero attached hydrogens (tertiary/aromatic N) is 3. The number of piperidine rings is 1. The standard InChI is InChI=1S/C20H25N3O3/c1-2-9-23-15-17(16-3-7-21-8-4-16)14-18(23)19(24)22-10-5-20(6-11-22)25-12-13-26-20/h3-4,7-8,14-15H,2,5-6,9-13H2,1H3. The van der Waals surface area contributed by atoms with E-state index in [9.17, 15) is 4.79 Å². The molecule has 4 heterocycles. The summed E-state index contributed by atoms with van der Waals surface area (Å²) in [7, 11) is 0. The number of hydrogen-bond acceptors (Lipinski definition) is 4. The first-order valence-corrected chi connectivity index (χ1v) is 9.38. The molecule has 6 nitrogen and oxygen atoms in total. The number of rotatable bonds is 4. The molecule has 0 bridgehead atoms.